The third kappa shape index (κ3) is 8.08. The van der Waals surface area contributed by atoms with Crippen LogP contribution in [0, 0.1) is 30.6 Å². The average molecular weight is 561 g/mol. The molecule has 1 nitrogen and oxygen atoms in total. The van der Waals surface area contributed by atoms with Gasteiger partial charge in [-0.1, -0.05) is 90.4 Å². The van der Waals surface area contributed by atoms with Crippen molar-refractivity contribution in [1.29, 1.82) is 0 Å². The van der Waals surface area contributed by atoms with Crippen molar-refractivity contribution >= 4 is 17.3 Å². The highest BCUT2D eigenvalue weighted by molar-refractivity contribution is 7.99. The monoisotopic (exact) mass is 560 g/mol. The molecule has 0 fully saturated rings. The predicted molar refractivity (Wildman–Crippen MR) is 178 cm³/mol. The fourth-order valence-corrected chi connectivity index (χ4v) is 5.32. The molecule has 0 aliphatic rings. The van der Waals surface area contributed by atoms with Crippen LogP contribution in [0.3, 0.4) is 0 Å². The number of aryl methyl sites for hydroxylation is 1. The summed E-state index contributed by atoms with van der Waals surface area (Å²) in [5, 5.41) is 0. The van der Waals surface area contributed by atoms with E-state index in [4.69, 9.17) is 4.74 Å². The van der Waals surface area contributed by atoms with Gasteiger partial charge in [0, 0.05) is 32.9 Å². The summed E-state index contributed by atoms with van der Waals surface area (Å²) < 4.78 is 5.71. The van der Waals surface area contributed by atoms with Gasteiger partial charge in [-0.05, 0) is 103 Å². The van der Waals surface area contributed by atoms with Gasteiger partial charge in [0.15, 0.2) is 0 Å². The molecule has 204 valence electrons. The summed E-state index contributed by atoms with van der Waals surface area (Å²) in [5.41, 5.74) is 8.68. The number of hydrogen-bond donors (Lipinski definition) is 0. The summed E-state index contributed by atoms with van der Waals surface area (Å²) in [6.45, 7) is 4.78. The summed E-state index contributed by atoms with van der Waals surface area (Å²) in [7, 11) is 0. The van der Waals surface area contributed by atoms with Crippen LogP contribution in [0.15, 0.2) is 138 Å². The van der Waals surface area contributed by atoms with Gasteiger partial charge in [0.05, 0.1) is 6.61 Å². The molecule has 0 N–H and O–H groups in total. The Morgan fingerprint density at radius 3 is 1.55 bits per heavy atom. The molecule has 5 aromatic rings. The van der Waals surface area contributed by atoms with Crippen LogP contribution in [0.5, 0.6) is 5.75 Å². The van der Waals surface area contributed by atoms with Crippen LogP contribution in [-0.2, 0) is 0 Å². The quantitative estimate of drug-likeness (QED) is 0.145. The van der Waals surface area contributed by atoms with Crippen molar-refractivity contribution < 1.29 is 4.74 Å². The van der Waals surface area contributed by atoms with E-state index in [2.05, 4.69) is 103 Å². The molecular weight excluding hydrogens is 529 g/mol. The summed E-state index contributed by atoms with van der Waals surface area (Å²) in [5.74, 6) is 14.9. The Hall–Kier alpha value is -4.89. The van der Waals surface area contributed by atoms with Gasteiger partial charge in [-0.2, -0.15) is 0 Å². The molecule has 0 saturated carbocycles. The zero-order chi connectivity index (χ0) is 29.0. The van der Waals surface area contributed by atoms with E-state index in [0.29, 0.717) is 6.61 Å². The van der Waals surface area contributed by atoms with Crippen molar-refractivity contribution in [3.8, 4) is 29.4 Å². The predicted octanol–water partition coefficient (Wildman–Crippen LogP) is 9.42. The lowest BCUT2D eigenvalue weighted by molar-refractivity contribution is 0.337. The first-order valence-corrected chi connectivity index (χ1v) is 15.1. The zero-order valence-corrected chi connectivity index (χ0v) is 24.7. The lowest BCUT2D eigenvalue weighted by Crippen LogP contribution is -1.94. The molecule has 0 spiro atoms. The first-order chi connectivity index (χ1) is 20.7. The number of ether oxygens (including phenoxy) is 1. The average Bonchev–Trinajstić information content (AvgIpc) is 3.04. The van der Waals surface area contributed by atoms with E-state index in [1.165, 1.54) is 10.5 Å². The fourth-order valence-electron chi connectivity index (χ4n) is 4.45. The van der Waals surface area contributed by atoms with E-state index in [0.717, 1.165) is 50.4 Å². The number of benzene rings is 5. The third-order valence-corrected chi connectivity index (χ3v) is 7.55. The molecule has 0 radical (unpaired) electrons. The van der Waals surface area contributed by atoms with Crippen LogP contribution in [-0.4, -0.2) is 12.4 Å². The van der Waals surface area contributed by atoms with Crippen molar-refractivity contribution in [2.24, 2.45) is 0 Å². The van der Waals surface area contributed by atoms with Gasteiger partial charge in [-0.25, -0.2) is 0 Å². The molecule has 42 heavy (non-hydrogen) atoms. The minimum absolute atomic E-state index is 0.673. The van der Waals surface area contributed by atoms with Gasteiger partial charge in [0.25, 0.3) is 0 Å². The van der Waals surface area contributed by atoms with E-state index in [-0.39, 0.29) is 0 Å². The maximum atomic E-state index is 5.71. The molecule has 2 heteroatoms. The second-order valence-electron chi connectivity index (χ2n) is 9.68. The van der Waals surface area contributed by atoms with Gasteiger partial charge >= 0.3 is 0 Å². The maximum absolute atomic E-state index is 5.71. The highest BCUT2D eigenvalue weighted by atomic mass is 32.2. The van der Waals surface area contributed by atoms with Crippen LogP contribution in [0.1, 0.15) is 45.9 Å². The highest BCUT2D eigenvalue weighted by Gasteiger charge is 2.07. The van der Waals surface area contributed by atoms with E-state index >= 15 is 0 Å². The van der Waals surface area contributed by atoms with Crippen molar-refractivity contribution in [2.45, 2.75) is 18.7 Å². The number of rotatable bonds is 7. The topological polar surface area (TPSA) is 9.23 Å². The molecule has 5 aromatic carbocycles. The third-order valence-electron chi connectivity index (χ3n) is 6.63. The summed E-state index contributed by atoms with van der Waals surface area (Å²) in [6.07, 6.45) is 2.31. The van der Waals surface area contributed by atoms with Gasteiger partial charge in [0.2, 0.25) is 0 Å². The Morgan fingerprint density at radius 2 is 1.10 bits per heavy atom. The molecule has 5 rings (SSSR count). The Morgan fingerprint density at radius 1 is 0.619 bits per heavy atom. The van der Waals surface area contributed by atoms with Crippen molar-refractivity contribution in [3.05, 3.63) is 172 Å². The van der Waals surface area contributed by atoms with Crippen LogP contribution >= 0.6 is 11.8 Å². The van der Waals surface area contributed by atoms with Gasteiger partial charge in [-0.3, -0.25) is 0 Å². The standard InChI is InChI=1S/C40H32OS/c1-3-41-40-27-26-38(30-31(40)2)42-29-28-39(36-22-18-34(19-23-36)16-14-32-10-6-4-7-11-32)37-24-20-35(21-25-37)17-15-33-12-8-5-9-13-33/h4-13,18-28,30H,3,29H2,1-2H3. The molecule has 0 aliphatic heterocycles. The molecule has 0 atom stereocenters. The lowest BCUT2D eigenvalue weighted by Gasteiger charge is -2.11. The maximum Gasteiger partial charge on any atom is 0.122 e. The van der Waals surface area contributed by atoms with Gasteiger partial charge < -0.3 is 4.74 Å². The fraction of sp³-hybridized carbons (Fsp3) is 0.100. The van der Waals surface area contributed by atoms with Crippen LogP contribution in [0.4, 0.5) is 0 Å². The molecular formula is C40H32OS. The van der Waals surface area contributed by atoms with Crippen LogP contribution in [0.25, 0.3) is 5.57 Å². The smallest absolute Gasteiger partial charge is 0.122 e. The second-order valence-corrected chi connectivity index (χ2v) is 10.8. The Kier molecular flexibility index (Phi) is 9.99. The molecule has 0 aliphatic carbocycles. The molecule has 0 heterocycles. The molecule has 0 amide bonds. The molecule has 0 bridgehead atoms. The van der Waals surface area contributed by atoms with Crippen molar-refractivity contribution in [1.82, 2.24) is 0 Å². The van der Waals surface area contributed by atoms with E-state index in [1.54, 1.807) is 0 Å². The normalized spacial score (nSPS) is 10.0. The van der Waals surface area contributed by atoms with E-state index < -0.39 is 0 Å². The second kappa shape index (κ2) is 14.7. The summed E-state index contributed by atoms with van der Waals surface area (Å²) >= 11 is 1.82. The summed E-state index contributed by atoms with van der Waals surface area (Å²) in [4.78, 5) is 1.23. The molecule has 0 saturated heterocycles. The molecule has 0 aromatic heterocycles. The van der Waals surface area contributed by atoms with Gasteiger partial charge in [-0.15, -0.1) is 11.8 Å². The number of hydrogen-bond acceptors (Lipinski definition) is 2. The minimum atomic E-state index is 0.673. The molecule has 0 unspecified atom stereocenters. The van der Waals surface area contributed by atoms with Crippen molar-refractivity contribution in [3.63, 3.8) is 0 Å². The first-order valence-electron chi connectivity index (χ1n) is 14.1. The number of thioether (sulfide) groups is 1. The largest absolute Gasteiger partial charge is 0.494 e. The lowest BCUT2D eigenvalue weighted by atomic mass is 9.96. The van der Waals surface area contributed by atoms with Crippen molar-refractivity contribution in [2.75, 3.05) is 12.4 Å². The van der Waals surface area contributed by atoms with Gasteiger partial charge in [0.1, 0.15) is 5.75 Å². The Labute approximate surface area is 254 Å². The van der Waals surface area contributed by atoms with E-state index in [1.807, 2.05) is 79.3 Å². The summed E-state index contributed by atoms with van der Waals surface area (Å²) in [6, 6.07) is 43.6. The first kappa shape index (κ1) is 28.6. The van der Waals surface area contributed by atoms with Crippen LogP contribution < -0.4 is 4.74 Å². The Balaban J connectivity index is 1.39. The highest BCUT2D eigenvalue weighted by Crippen LogP contribution is 2.29. The van der Waals surface area contributed by atoms with Crippen LogP contribution in [0.2, 0.25) is 0 Å². The zero-order valence-electron chi connectivity index (χ0n) is 23.9. The van der Waals surface area contributed by atoms with E-state index in [9.17, 15) is 0 Å². The SMILES string of the molecule is CCOc1ccc(SCC=C(c2ccc(C#Cc3ccccc3)cc2)c2ccc(C#Cc3ccccc3)cc2)cc1C. The Bertz CT molecular complexity index is 1660. The minimum Gasteiger partial charge on any atom is -0.494 e.